The van der Waals surface area contributed by atoms with Crippen LogP contribution >= 0.6 is 0 Å². The number of nitrogens with two attached hydrogens (primary N) is 1. The van der Waals surface area contributed by atoms with E-state index in [9.17, 15) is 9.59 Å². The number of hydrogen-bond donors (Lipinski definition) is 2. The third kappa shape index (κ3) is 4.15. The molecule has 3 aromatic rings. The molecule has 0 radical (unpaired) electrons. The third-order valence-electron chi connectivity index (χ3n) is 8.26. The molecule has 2 amide bonds. The van der Waals surface area contributed by atoms with Crippen molar-refractivity contribution in [3.8, 4) is 5.75 Å². The van der Waals surface area contributed by atoms with Gasteiger partial charge in [0.15, 0.2) is 0 Å². The molecule has 184 valence electrons. The summed E-state index contributed by atoms with van der Waals surface area (Å²) in [6.45, 7) is 0. The van der Waals surface area contributed by atoms with Gasteiger partial charge in [0.05, 0.1) is 5.69 Å². The minimum Gasteiger partial charge on any atom is -0.474 e. The van der Waals surface area contributed by atoms with Crippen molar-refractivity contribution in [2.75, 3.05) is 0 Å². The molecule has 4 atom stereocenters. The predicted octanol–water partition coefficient (Wildman–Crippen LogP) is 4.69. The van der Waals surface area contributed by atoms with Gasteiger partial charge in [-0.25, -0.2) is 0 Å². The van der Waals surface area contributed by atoms with E-state index >= 15 is 0 Å². The average molecular weight is 482 g/mol. The minimum atomic E-state index is -0.942. The molecule has 6 rings (SSSR count). The fraction of sp³-hybridized carbons (Fsp3) is 0.367. The van der Waals surface area contributed by atoms with Gasteiger partial charge in [-0.1, -0.05) is 36.8 Å². The van der Waals surface area contributed by atoms with Gasteiger partial charge in [-0.2, -0.15) is 0 Å². The Labute approximate surface area is 211 Å². The van der Waals surface area contributed by atoms with E-state index in [-0.39, 0.29) is 11.3 Å². The molecule has 1 unspecified atom stereocenters. The molecule has 3 aliphatic carbocycles. The molecule has 0 spiro atoms. The van der Waals surface area contributed by atoms with Crippen molar-refractivity contribution in [3.05, 3.63) is 95.3 Å². The molecule has 3 fully saturated rings. The van der Waals surface area contributed by atoms with Crippen LogP contribution in [0.1, 0.15) is 71.8 Å². The normalized spacial score (nSPS) is 25.3. The lowest BCUT2D eigenvalue weighted by Crippen LogP contribution is -2.34. The summed E-state index contributed by atoms with van der Waals surface area (Å²) in [6.07, 6.45) is 7.71. The van der Waals surface area contributed by atoms with Crippen LogP contribution in [0.5, 0.6) is 5.75 Å². The molecule has 0 saturated heterocycles. The van der Waals surface area contributed by atoms with Crippen molar-refractivity contribution in [2.24, 2.45) is 17.6 Å². The molecule has 2 bridgehead atoms. The molecule has 3 N–H and O–H groups in total. The SMILES string of the molecule is NC(=O)C(Oc1ccc([C@]2(c3ccc(C(=O)NC4CC4)cc3)C[C@@H]3CC[C@H]2C3)cc1)c1ccccn1. The summed E-state index contributed by atoms with van der Waals surface area (Å²) in [5, 5.41) is 3.08. The van der Waals surface area contributed by atoms with E-state index in [1.54, 1.807) is 18.3 Å². The number of pyridine rings is 1. The van der Waals surface area contributed by atoms with Crippen LogP contribution in [0.3, 0.4) is 0 Å². The van der Waals surface area contributed by atoms with Gasteiger partial charge in [-0.3, -0.25) is 14.6 Å². The number of primary amides is 1. The van der Waals surface area contributed by atoms with E-state index in [4.69, 9.17) is 10.5 Å². The zero-order chi connectivity index (χ0) is 24.7. The summed E-state index contributed by atoms with van der Waals surface area (Å²) in [4.78, 5) is 28.8. The molecule has 6 heteroatoms. The Hall–Kier alpha value is -3.67. The number of nitrogens with one attached hydrogen (secondary N) is 1. The number of ether oxygens (including phenoxy) is 1. The highest BCUT2D eigenvalue weighted by Gasteiger charge is 2.52. The van der Waals surface area contributed by atoms with E-state index in [2.05, 4.69) is 34.6 Å². The maximum absolute atomic E-state index is 12.5. The van der Waals surface area contributed by atoms with Crippen molar-refractivity contribution in [2.45, 2.75) is 56.1 Å². The Morgan fingerprint density at radius 2 is 1.67 bits per heavy atom. The number of nitrogens with zero attached hydrogens (tertiary/aromatic N) is 1. The number of carbonyl (C=O) groups excluding carboxylic acids is 2. The molecule has 0 aliphatic heterocycles. The second-order valence-electron chi connectivity index (χ2n) is 10.6. The lowest BCUT2D eigenvalue weighted by molar-refractivity contribution is -0.125. The third-order valence-corrected chi connectivity index (χ3v) is 8.26. The van der Waals surface area contributed by atoms with Crippen molar-refractivity contribution < 1.29 is 14.3 Å². The zero-order valence-electron chi connectivity index (χ0n) is 20.2. The van der Waals surface area contributed by atoms with Gasteiger partial charge in [0, 0.05) is 23.2 Å². The number of rotatable bonds is 8. The van der Waals surface area contributed by atoms with Gasteiger partial charge in [0.25, 0.3) is 11.8 Å². The van der Waals surface area contributed by atoms with Gasteiger partial charge >= 0.3 is 0 Å². The van der Waals surface area contributed by atoms with Crippen LogP contribution in [0.4, 0.5) is 0 Å². The molecular formula is C30H31N3O3. The number of fused-ring (bicyclic) bond motifs is 2. The second kappa shape index (κ2) is 9.08. The summed E-state index contributed by atoms with van der Waals surface area (Å²) in [5.41, 5.74) is 9.28. The van der Waals surface area contributed by atoms with E-state index in [0.29, 0.717) is 23.4 Å². The van der Waals surface area contributed by atoms with Crippen LogP contribution < -0.4 is 15.8 Å². The largest absolute Gasteiger partial charge is 0.474 e. The van der Waals surface area contributed by atoms with Crippen LogP contribution in [0.2, 0.25) is 0 Å². The first kappa shape index (κ1) is 22.8. The number of carbonyl (C=O) groups is 2. The van der Waals surface area contributed by atoms with Gasteiger partial charge < -0.3 is 15.8 Å². The summed E-state index contributed by atoms with van der Waals surface area (Å²) in [7, 11) is 0. The maximum Gasteiger partial charge on any atom is 0.264 e. The summed E-state index contributed by atoms with van der Waals surface area (Å²) in [6, 6.07) is 22.0. The molecule has 2 aromatic carbocycles. The highest BCUT2D eigenvalue weighted by Crippen LogP contribution is 2.60. The van der Waals surface area contributed by atoms with E-state index < -0.39 is 12.0 Å². The van der Waals surface area contributed by atoms with Crippen LogP contribution in [0, 0.1) is 11.8 Å². The lowest BCUT2D eigenvalue weighted by Gasteiger charge is -2.39. The van der Waals surface area contributed by atoms with Crippen molar-refractivity contribution >= 4 is 11.8 Å². The Morgan fingerprint density at radius 1 is 0.944 bits per heavy atom. The molecule has 1 aromatic heterocycles. The van der Waals surface area contributed by atoms with Gasteiger partial charge in [-0.15, -0.1) is 0 Å². The average Bonchev–Trinajstić information content (AvgIpc) is 3.48. The standard InChI is InChI=1S/C30H31N3O3/c31-28(34)27(26-3-1-2-16-32-26)36-25-14-10-22(11-15-25)30(18-19-4-7-23(30)17-19)21-8-5-20(6-9-21)29(35)33-24-12-13-24/h1-3,5-6,8-11,14-16,19,23-24,27H,4,7,12-13,17-18H2,(H2,31,34)(H,33,35)/t19-,23+,27?,30-/m1/s1. The van der Waals surface area contributed by atoms with Crippen molar-refractivity contribution in [1.29, 1.82) is 0 Å². The van der Waals surface area contributed by atoms with Gasteiger partial charge in [-0.05, 0) is 91.5 Å². The molecule has 1 heterocycles. The number of hydrogen-bond acceptors (Lipinski definition) is 4. The zero-order valence-corrected chi connectivity index (χ0v) is 20.2. The number of benzene rings is 2. The van der Waals surface area contributed by atoms with E-state index in [1.165, 1.54) is 30.4 Å². The minimum absolute atomic E-state index is 0.0180. The monoisotopic (exact) mass is 481 g/mol. The van der Waals surface area contributed by atoms with Gasteiger partial charge in [0.2, 0.25) is 6.10 Å². The number of aromatic nitrogens is 1. The molecular weight excluding hydrogens is 450 g/mol. The lowest BCUT2D eigenvalue weighted by atomic mass is 9.64. The Bertz CT molecular complexity index is 1250. The van der Waals surface area contributed by atoms with Crippen LogP contribution in [0.25, 0.3) is 0 Å². The molecule has 3 saturated carbocycles. The Kier molecular flexibility index (Phi) is 5.75. The van der Waals surface area contributed by atoms with Crippen molar-refractivity contribution in [3.63, 3.8) is 0 Å². The highest BCUT2D eigenvalue weighted by molar-refractivity contribution is 5.94. The maximum atomic E-state index is 12.5. The fourth-order valence-electron chi connectivity index (χ4n) is 6.38. The second-order valence-corrected chi connectivity index (χ2v) is 10.6. The first-order valence-corrected chi connectivity index (χ1v) is 12.9. The summed E-state index contributed by atoms with van der Waals surface area (Å²) < 4.78 is 5.98. The first-order chi connectivity index (χ1) is 17.5. The van der Waals surface area contributed by atoms with Crippen LogP contribution in [0.15, 0.2) is 72.9 Å². The highest BCUT2D eigenvalue weighted by atomic mass is 16.5. The first-order valence-electron chi connectivity index (χ1n) is 12.9. The van der Waals surface area contributed by atoms with Crippen LogP contribution in [-0.4, -0.2) is 22.8 Å². The van der Waals surface area contributed by atoms with Gasteiger partial charge in [0.1, 0.15) is 5.75 Å². The molecule has 6 nitrogen and oxygen atoms in total. The predicted molar refractivity (Wildman–Crippen MR) is 136 cm³/mol. The Morgan fingerprint density at radius 3 is 2.22 bits per heavy atom. The van der Waals surface area contributed by atoms with E-state index in [1.807, 2.05) is 30.3 Å². The summed E-state index contributed by atoms with van der Waals surface area (Å²) in [5.74, 6) is 1.33. The van der Waals surface area contributed by atoms with Crippen LogP contribution in [-0.2, 0) is 10.2 Å². The number of amides is 2. The smallest absolute Gasteiger partial charge is 0.264 e. The quantitative estimate of drug-likeness (QED) is 0.488. The molecule has 3 aliphatic rings. The topological polar surface area (TPSA) is 94.3 Å². The summed E-state index contributed by atoms with van der Waals surface area (Å²) >= 11 is 0. The fourth-order valence-corrected chi connectivity index (χ4v) is 6.38. The Balaban J connectivity index is 1.28. The van der Waals surface area contributed by atoms with E-state index in [0.717, 1.165) is 30.7 Å². The molecule has 36 heavy (non-hydrogen) atoms. The van der Waals surface area contributed by atoms with Crippen molar-refractivity contribution in [1.82, 2.24) is 10.3 Å².